The van der Waals surface area contributed by atoms with E-state index in [4.69, 9.17) is 15.1 Å². The van der Waals surface area contributed by atoms with E-state index in [1.165, 1.54) is 12.1 Å². The maximum atomic E-state index is 13.3. The van der Waals surface area contributed by atoms with Crippen LogP contribution in [0.3, 0.4) is 0 Å². The van der Waals surface area contributed by atoms with Crippen molar-refractivity contribution in [2.75, 3.05) is 0 Å². The summed E-state index contributed by atoms with van der Waals surface area (Å²) < 4.78 is 44.2. The third-order valence-corrected chi connectivity index (χ3v) is 8.80. The Morgan fingerprint density at radius 1 is 0.588 bits per heavy atom. The topological polar surface area (TPSA) is 70.8 Å². The normalized spacial score (nSPS) is 11.5. The fourth-order valence-corrected chi connectivity index (χ4v) is 5.95. The molecule has 0 spiro atoms. The van der Waals surface area contributed by atoms with Crippen LogP contribution in [0.25, 0.3) is 56.2 Å². The van der Waals surface area contributed by atoms with E-state index < -0.39 is 17.7 Å². The second kappa shape index (κ2) is 15.9. The Balaban J connectivity index is 1.26. The van der Waals surface area contributed by atoms with Crippen molar-refractivity contribution < 1.29 is 32.2 Å². The summed E-state index contributed by atoms with van der Waals surface area (Å²) in [5.41, 5.74) is 7.05. The Labute approximate surface area is 295 Å². The lowest BCUT2D eigenvalue weighted by Crippen LogP contribution is -2.32. The fourth-order valence-electron chi connectivity index (χ4n) is 5.95. The number of carbonyl (C=O) groups is 1. The molecule has 258 valence electrons. The first-order chi connectivity index (χ1) is 24.7. The van der Waals surface area contributed by atoms with Crippen LogP contribution in [0.15, 0.2) is 128 Å². The molecule has 0 fully saturated rings. The van der Waals surface area contributed by atoms with E-state index in [9.17, 15) is 18.0 Å². The highest BCUT2D eigenvalue weighted by atomic mass is 19.4. The molecule has 1 N–H and O–H groups in total. The van der Waals surface area contributed by atoms with Gasteiger partial charge in [0, 0.05) is 60.2 Å². The lowest BCUT2D eigenvalue weighted by Gasteiger charge is -2.11. The number of carboxylic acid groups (broad SMARTS) is 1. The minimum absolute atomic E-state index is 0.202. The second-order valence-corrected chi connectivity index (χ2v) is 12.5. The first-order valence-corrected chi connectivity index (χ1v) is 17.1. The number of aromatic nitrogens is 4. The monoisotopic (exact) mass is 688 g/mol. The van der Waals surface area contributed by atoms with Gasteiger partial charge in [0.25, 0.3) is 0 Å². The Morgan fingerprint density at radius 3 is 1.47 bits per heavy atom. The molecule has 0 aliphatic heterocycles. The third-order valence-electron chi connectivity index (χ3n) is 8.80. The van der Waals surface area contributed by atoms with Crippen LogP contribution in [0.1, 0.15) is 44.6 Å². The molecule has 0 radical (unpaired) electrons. The molecule has 3 heterocycles. The van der Waals surface area contributed by atoms with E-state index in [-0.39, 0.29) is 6.42 Å². The largest absolute Gasteiger partial charge is 0.481 e. The average Bonchev–Trinajstić information content (AvgIpc) is 3.15. The van der Waals surface area contributed by atoms with Gasteiger partial charge in [-0.15, -0.1) is 0 Å². The molecule has 0 amide bonds. The van der Waals surface area contributed by atoms with Crippen molar-refractivity contribution in [1.82, 2.24) is 9.97 Å². The molecular weight excluding hydrogens is 649 g/mol. The molecule has 0 aliphatic rings. The fraction of sp³-hybridized carbons (Fsp3) is 0.214. The molecule has 0 unspecified atom stereocenters. The van der Waals surface area contributed by atoms with Crippen LogP contribution < -0.4 is 9.13 Å². The summed E-state index contributed by atoms with van der Waals surface area (Å²) in [5.74, 6) is -0.421. The number of nitrogens with zero attached hydrogens (tertiary/aromatic N) is 4. The molecule has 0 atom stereocenters. The highest BCUT2D eigenvalue weighted by molar-refractivity contribution is 5.75. The Morgan fingerprint density at radius 2 is 1.02 bits per heavy atom. The van der Waals surface area contributed by atoms with Crippen molar-refractivity contribution in [3.05, 3.63) is 133 Å². The van der Waals surface area contributed by atoms with Gasteiger partial charge in [0.2, 0.25) is 0 Å². The minimum atomic E-state index is -4.44. The molecule has 6 nitrogen and oxygen atoms in total. The van der Waals surface area contributed by atoms with Crippen LogP contribution in [-0.4, -0.2) is 21.0 Å². The van der Waals surface area contributed by atoms with E-state index >= 15 is 0 Å². The summed E-state index contributed by atoms with van der Waals surface area (Å²) in [7, 11) is 0. The number of aryl methyl sites for hydroxylation is 2. The zero-order valence-electron chi connectivity index (χ0n) is 28.4. The smallest absolute Gasteiger partial charge is 0.416 e. The zero-order chi connectivity index (χ0) is 35.8. The Bertz CT molecular complexity index is 2060. The van der Waals surface area contributed by atoms with E-state index in [2.05, 4.69) is 52.7 Å². The maximum Gasteiger partial charge on any atom is 0.416 e. The van der Waals surface area contributed by atoms with Crippen molar-refractivity contribution >= 4 is 5.97 Å². The summed E-state index contributed by atoms with van der Waals surface area (Å²) in [5, 5.41) is 8.82. The van der Waals surface area contributed by atoms with E-state index in [0.717, 1.165) is 77.9 Å². The van der Waals surface area contributed by atoms with E-state index in [1.54, 1.807) is 0 Å². The molecule has 51 heavy (non-hydrogen) atoms. The average molecular weight is 689 g/mol. The first-order valence-electron chi connectivity index (χ1n) is 17.1. The number of halogens is 3. The van der Waals surface area contributed by atoms with Crippen molar-refractivity contribution in [2.24, 2.45) is 0 Å². The lowest BCUT2D eigenvalue weighted by molar-refractivity contribution is -0.697. The highest BCUT2D eigenvalue weighted by Crippen LogP contribution is 2.33. The minimum Gasteiger partial charge on any atom is -0.481 e. The van der Waals surface area contributed by atoms with Crippen molar-refractivity contribution in [1.29, 1.82) is 0 Å². The van der Waals surface area contributed by atoms with Gasteiger partial charge in [0.05, 0.1) is 17.0 Å². The zero-order valence-corrected chi connectivity index (χ0v) is 28.4. The van der Waals surface area contributed by atoms with Gasteiger partial charge in [0.1, 0.15) is 13.1 Å². The van der Waals surface area contributed by atoms with Crippen LogP contribution in [0.5, 0.6) is 0 Å². The van der Waals surface area contributed by atoms with Gasteiger partial charge < -0.3 is 5.11 Å². The molecule has 0 aliphatic carbocycles. The van der Waals surface area contributed by atoms with Crippen molar-refractivity contribution in [3.8, 4) is 56.2 Å². The molecule has 9 heteroatoms. The molecule has 3 aromatic carbocycles. The molecular formula is C42H39F3N4O2+2. The molecule has 6 aromatic rings. The van der Waals surface area contributed by atoms with E-state index in [0.29, 0.717) is 29.2 Å². The van der Waals surface area contributed by atoms with E-state index in [1.807, 2.05) is 67.0 Å². The summed E-state index contributed by atoms with van der Waals surface area (Å²) >= 11 is 0. The van der Waals surface area contributed by atoms with Crippen LogP contribution in [0, 0.1) is 0 Å². The number of alkyl halides is 3. The number of carboxylic acids is 1. The predicted molar refractivity (Wildman–Crippen MR) is 191 cm³/mol. The van der Waals surface area contributed by atoms with Gasteiger partial charge >= 0.3 is 12.1 Å². The van der Waals surface area contributed by atoms with Crippen molar-refractivity contribution in [2.45, 2.75) is 58.3 Å². The van der Waals surface area contributed by atoms with Gasteiger partial charge in [-0.3, -0.25) is 4.79 Å². The number of hydrogen-bond donors (Lipinski definition) is 1. The summed E-state index contributed by atoms with van der Waals surface area (Å²) in [6.07, 6.45) is 7.50. The van der Waals surface area contributed by atoms with Gasteiger partial charge in [-0.25, -0.2) is 19.1 Å². The molecule has 0 saturated heterocycles. The summed E-state index contributed by atoms with van der Waals surface area (Å²) in [4.78, 5) is 20.3. The third kappa shape index (κ3) is 9.11. The van der Waals surface area contributed by atoms with Gasteiger partial charge in [-0.2, -0.15) is 13.2 Å². The molecule has 6 rings (SSSR count). The SMILES string of the molecule is CCC[n+]1ccc(-c2ccc(-c3cc(-c4ccc(-c5cc[n+](CCCCCC(=O)O)cc5)cc4)nc(-c4ccc(C(F)(F)F)cc4)n3)cc2)cc1. The maximum absolute atomic E-state index is 13.3. The van der Waals surface area contributed by atoms with Crippen LogP contribution >= 0.6 is 0 Å². The lowest BCUT2D eigenvalue weighted by atomic mass is 10.0. The van der Waals surface area contributed by atoms with Crippen LogP contribution in [0.4, 0.5) is 13.2 Å². The number of rotatable bonds is 13. The second-order valence-electron chi connectivity index (χ2n) is 12.5. The summed E-state index contributed by atoms with van der Waals surface area (Å²) in [6, 6.07) is 31.3. The van der Waals surface area contributed by atoms with Crippen LogP contribution in [0.2, 0.25) is 0 Å². The molecule has 3 aromatic heterocycles. The van der Waals surface area contributed by atoms with Crippen LogP contribution in [-0.2, 0) is 24.1 Å². The van der Waals surface area contributed by atoms with Gasteiger partial charge in [-0.05, 0) is 53.3 Å². The number of pyridine rings is 2. The number of benzene rings is 3. The quantitative estimate of drug-likeness (QED) is 0.0970. The highest BCUT2D eigenvalue weighted by Gasteiger charge is 2.30. The van der Waals surface area contributed by atoms with Crippen molar-refractivity contribution in [3.63, 3.8) is 0 Å². The molecule has 0 saturated carbocycles. The predicted octanol–water partition coefficient (Wildman–Crippen LogP) is 9.46. The number of hydrogen-bond acceptors (Lipinski definition) is 3. The van der Waals surface area contributed by atoms with Gasteiger partial charge in [-0.1, -0.05) is 67.6 Å². The number of aliphatic carboxylic acids is 1. The Hall–Kier alpha value is -5.70. The standard InChI is InChI=1S/C42H38F3N4O2/c1-2-23-48-25-19-32(20-26-48)30-7-11-34(12-8-30)38-29-39(47-41(46-38)36-15-17-37(18-16-36)42(43,44)45)35-13-9-31(10-14-35)33-21-27-49(28-22-33)24-5-3-4-6-40(50)51/h7-22,25-29H,2-6,23-24H2,1H3/q+1/p+1. The van der Waals surface area contributed by atoms with Gasteiger partial charge in [0.15, 0.2) is 30.6 Å². The summed E-state index contributed by atoms with van der Waals surface area (Å²) in [6.45, 7) is 3.93. The Kier molecular flexibility index (Phi) is 10.9. The first kappa shape index (κ1) is 35.1. The molecule has 0 bridgehead atoms. The number of unbranched alkanes of at least 4 members (excludes halogenated alkanes) is 2.